The quantitative estimate of drug-likeness (QED) is 0.0721. The summed E-state index contributed by atoms with van der Waals surface area (Å²) in [6.45, 7) is 5.52. The van der Waals surface area contributed by atoms with Gasteiger partial charge in [0.25, 0.3) is 0 Å². The summed E-state index contributed by atoms with van der Waals surface area (Å²) in [7, 11) is -0.536. The standard InChI is InChI=1S/C31H41O2P.HI/c1-3-32-31(33-4-2)26-16-8-6-5-7-11-19-27-20-17-18-25-30(27)34(28-21-12-9-13-22-28)29-23-14-10-15-24-29;/h9-10,12-15,17-18,20-25,31H,3-8,11,16,19,26H2,1-2H3;1H. The molecule has 2 nitrogen and oxygen atoms in total. The minimum absolute atomic E-state index is 0. The van der Waals surface area contributed by atoms with Gasteiger partial charge in [-0.3, -0.25) is 0 Å². The molecule has 35 heavy (non-hydrogen) atoms. The zero-order chi connectivity index (χ0) is 23.8. The van der Waals surface area contributed by atoms with Crippen LogP contribution in [-0.2, 0) is 15.9 Å². The lowest BCUT2D eigenvalue weighted by molar-refractivity contribution is -0.140. The van der Waals surface area contributed by atoms with E-state index >= 15 is 0 Å². The van der Waals surface area contributed by atoms with Crippen molar-refractivity contribution in [2.45, 2.75) is 71.5 Å². The van der Waals surface area contributed by atoms with Crippen molar-refractivity contribution in [2.24, 2.45) is 0 Å². The predicted octanol–water partition coefficient (Wildman–Crippen LogP) is 7.74. The molecule has 4 heteroatoms. The third-order valence-electron chi connectivity index (χ3n) is 6.10. The summed E-state index contributed by atoms with van der Waals surface area (Å²) in [5, 5.41) is 4.36. The summed E-state index contributed by atoms with van der Waals surface area (Å²) >= 11 is 0. The summed E-state index contributed by atoms with van der Waals surface area (Å²) in [5.41, 5.74) is 1.51. The van der Waals surface area contributed by atoms with Gasteiger partial charge >= 0.3 is 0 Å². The highest BCUT2D eigenvalue weighted by atomic mass is 127. The van der Waals surface area contributed by atoms with Gasteiger partial charge < -0.3 is 9.47 Å². The lowest BCUT2D eigenvalue weighted by atomic mass is 10.0. The summed E-state index contributed by atoms with van der Waals surface area (Å²) in [6, 6.07) is 31.2. The second-order valence-corrected chi connectivity index (χ2v) is 10.8. The molecule has 0 unspecified atom stereocenters. The molecule has 0 atom stereocenters. The summed E-state index contributed by atoms with van der Waals surface area (Å²) in [4.78, 5) is 0. The number of rotatable bonds is 16. The topological polar surface area (TPSA) is 18.5 Å². The molecule has 190 valence electrons. The fourth-order valence-corrected chi connectivity index (χ4v) is 6.95. The number of hydrogen-bond donors (Lipinski definition) is 0. The van der Waals surface area contributed by atoms with E-state index in [1.54, 1.807) is 0 Å². The monoisotopic (exact) mass is 604 g/mol. The molecule has 0 fully saturated rings. The van der Waals surface area contributed by atoms with Crippen LogP contribution < -0.4 is 15.9 Å². The fraction of sp³-hybridized carbons (Fsp3) is 0.419. The molecule has 0 aliphatic heterocycles. The highest BCUT2D eigenvalue weighted by molar-refractivity contribution is 14.0. The zero-order valence-corrected chi connectivity index (χ0v) is 24.6. The summed E-state index contributed by atoms with van der Waals surface area (Å²) < 4.78 is 11.3. The third kappa shape index (κ3) is 10.3. The first kappa shape index (κ1) is 30.0. The average Bonchev–Trinajstić information content (AvgIpc) is 2.88. The van der Waals surface area contributed by atoms with Crippen LogP contribution in [0.4, 0.5) is 0 Å². The summed E-state index contributed by atoms with van der Waals surface area (Å²) in [6.07, 6.45) is 9.76. The van der Waals surface area contributed by atoms with Crippen molar-refractivity contribution < 1.29 is 9.47 Å². The zero-order valence-electron chi connectivity index (χ0n) is 21.4. The van der Waals surface area contributed by atoms with E-state index in [9.17, 15) is 0 Å². The Morgan fingerprint density at radius 3 is 1.66 bits per heavy atom. The molecule has 0 N–H and O–H groups in total. The van der Waals surface area contributed by atoms with Crippen LogP contribution in [0.1, 0.15) is 64.4 Å². The van der Waals surface area contributed by atoms with Crippen LogP contribution in [0.2, 0.25) is 0 Å². The van der Waals surface area contributed by atoms with E-state index in [1.807, 2.05) is 13.8 Å². The lowest BCUT2D eigenvalue weighted by Crippen LogP contribution is -2.23. The third-order valence-corrected chi connectivity index (χ3v) is 8.65. The number of halogens is 1. The largest absolute Gasteiger partial charge is 0.353 e. The number of unbranched alkanes of at least 4 members (excludes halogenated alkanes) is 5. The van der Waals surface area contributed by atoms with Crippen molar-refractivity contribution in [1.29, 1.82) is 0 Å². The van der Waals surface area contributed by atoms with Crippen LogP contribution in [0.25, 0.3) is 0 Å². The lowest BCUT2D eigenvalue weighted by Gasteiger charge is -2.22. The Labute approximate surface area is 231 Å². The molecule has 0 radical (unpaired) electrons. The van der Waals surface area contributed by atoms with Crippen LogP contribution in [0.3, 0.4) is 0 Å². The molecular formula is C31H42IO2P. The van der Waals surface area contributed by atoms with E-state index in [-0.39, 0.29) is 30.3 Å². The van der Waals surface area contributed by atoms with Crippen LogP contribution in [0, 0.1) is 0 Å². The van der Waals surface area contributed by atoms with E-state index in [2.05, 4.69) is 84.9 Å². The normalized spacial score (nSPS) is 11.1. The molecule has 0 amide bonds. The molecule has 3 aromatic rings. The van der Waals surface area contributed by atoms with Gasteiger partial charge in [0.2, 0.25) is 0 Å². The van der Waals surface area contributed by atoms with Gasteiger partial charge in [-0.15, -0.1) is 24.0 Å². The van der Waals surface area contributed by atoms with E-state index < -0.39 is 7.92 Å². The second-order valence-electron chi connectivity index (χ2n) is 8.64. The van der Waals surface area contributed by atoms with Crippen LogP contribution in [0.5, 0.6) is 0 Å². The fourth-order valence-electron chi connectivity index (χ4n) is 4.44. The van der Waals surface area contributed by atoms with Crippen molar-refractivity contribution in [3.05, 3.63) is 90.5 Å². The first-order valence-corrected chi connectivity index (χ1v) is 14.4. The van der Waals surface area contributed by atoms with Gasteiger partial charge in [-0.2, -0.15) is 0 Å². The number of benzene rings is 3. The smallest absolute Gasteiger partial charge is 0.157 e. The first-order valence-electron chi connectivity index (χ1n) is 13.0. The maximum absolute atomic E-state index is 5.65. The highest BCUT2D eigenvalue weighted by Crippen LogP contribution is 2.34. The molecule has 3 rings (SSSR count). The number of ether oxygens (including phenoxy) is 2. The Morgan fingerprint density at radius 1 is 0.600 bits per heavy atom. The highest BCUT2D eigenvalue weighted by Gasteiger charge is 2.18. The Bertz CT molecular complexity index is 874. The molecule has 0 spiro atoms. The molecule has 0 aliphatic rings. The molecule has 0 aromatic heterocycles. The van der Waals surface area contributed by atoms with Crippen molar-refractivity contribution in [3.63, 3.8) is 0 Å². The SMILES string of the molecule is CCOC(CCCCCCCCc1ccccc1P(c1ccccc1)c1ccccc1)OCC.I. The van der Waals surface area contributed by atoms with E-state index in [4.69, 9.17) is 9.47 Å². The number of aryl methyl sites for hydroxylation is 1. The van der Waals surface area contributed by atoms with Gasteiger partial charge in [-0.25, -0.2) is 0 Å². The Hall–Kier alpha value is -1.26. The van der Waals surface area contributed by atoms with Crippen LogP contribution in [0.15, 0.2) is 84.9 Å². The van der Waals surface area contributed by atoms with E-state index in [1.165, 1.54) is 60.0 Å². The van der Waals surface area contributed by atoms with E-state index in [0.717, 1.165) is 26.1 Å². The molecule has 0 heterocycles. The van der Waals surface area contributed by atoms with Crippen molar-refractivity contribution in [1.82, 2.24) is 0 Å². The number of hydrogen-bond acceptors (Lipinski definition) is 2. The van der Waals surface area contributed by atoms with Crippen LogP contribution >= 0.6 is 31.9 Å². The van der Waals surface area contributed by atoms with Crippen molar-refractivity contribution in [3.8, 4) is 0 Å². The maximum atomic E-state index is 5.65. The average molecular weight is 605 g/mol. The molecule has 0 saturated heterocycles. The van der Waals surface area contributed by atoms with Crippen molar-refractivity contribution in [2.75, 3.05) is 13.2 Å². The minimum atomic E-state index is -0.536. The van der Waals surface area contributed by atoms with Crippen molar-refractivity contribution >= 4 is 47.8 Å². The van der Waals surface area contributed by atoms with Gasteiger partial charge in [0.15, 0.2) is 6.29 Å². The Morgan fingerprint density at radius 2 is 1.09 bits per heavy atom. The minimum Gasteiger partial charge on any atom is -0.353 e. The van der Waals surface area contributed by atoms with Gasteiger partial charge in [-0.05, 0) is 68.9 Å². The molecule has 0 saturated carbocycles. The second kappa shape index (κ2) is 18.1. The molecule has 3 aromatic carbocycles. The Kier molecular flexibility index (Phi) is 15.5. The van der Waals surface area contributed by atoms with Gasteiger partial charge in [0.1, 0.15) is 0 Å². The summed E-state index contributed by atoms with van der Waals surface area (Å²) in [5.74, 6) is 0. The Balaban J connectivity index is 0.00000432. The van der Waals surface area contributed by atoms with E-state index in [0.29, 0.717) is 0 Å². The maximum Gasteiger partial charge on any atom is 0.157 e. The van der Waals surface area contributed by atoms with Gasteiger partial charge in [0, 0.05) is 13.2 Å². The molecular weight excluding hydrogens is 562 g/mol. The molecule has 0 aliphatic carbocycles. The first-order chi connectivity index (χ1) is 16.8. The van der Waals surface area contributed by atoms with Gasteiger partial charge in [0.05, 0.1) is 0 Å². The molecule has 0 bridgehead atoms. The van der Waals surface area contributed by atoms with Gasteiger partial charge in [-0.1, -0.05) is 111 Å². The predicted molar refractivity (Wildman–Crippen MR) is 164 cm³/mol. The van der Waals surface area contributed by atoms with Crippen LogP contribution in [-0.4, -0.2) is 19.5 Å².